The third kappa shape index (κ3) is 4.73. The third-order valence-electron chi connectivity index (χ3n) is 6.76. The number of hydrogen-bond donors (Lipinski definition) is 0. The normalized spacial score (nSPS) is 17.2. The maximum atomic E-state index is 13.6. The highest BCUT2D eigenvalue weighted by Crippen LogP contribution is 2.35. The largest absolute Gasteiger partial charge is 0.491 e. The van der Waals surface area contributed by atoms with Crippen LogP contribution in [0, 0.1) is 13.8 Å². The highest BCUT2D eigenvalue weighted by atomic mass is 32.1. The molecule has 2 amide bonds. The van der Waals surface area contributed by atoms with Crippen molar-refractivity contribution in [1.29, 1.82) is 0 Å². The number of thiophene rings is 1. The summed E-state index contributed by atoms with van der Waals surface area (Å²) < 4.78 is 6.21. The third-order valence-corrected chi connectivity index (χ3v) is 7.75. The van der Waals surface area contributed by atoms with Crippen LogP contribution in [0.3, 0.4) is 0 Å². The Morgan fingerprint density at radius 2 is 1.82 bits per heavy atom. The van der Waals surface area contributed by atoms with Crippen molar-refractivity contribution >= 4 is 23.2 Å². The van der Waals surface area contributed by atoms with Gasteiger partial charge in [-0.2, -0.15) is 0 Å². The van der Waals surface area contributed by atoms with E-state index >= 15 is 0 Å². The van der Waals surface area contributed by atoms with Gasteiger partial charge in [0.1, 0.15) is 18.9 Å². The van der Waals surface area contributed by atoms with Crippen LogP contribution in [0.15, 0.2) is 60.0 Å². The van der Waals surface area contributed by atoms with Crippen LogP contribution in [0.2, 0.25) is 0 Å². The Balaban J connectivity index is 1.34. The van der Waals surface area contributed by atoms with Crippen LogP contribution in [0.5, 0.6) is 5.75 Å². The summed E-state index contributed by atoms with van der Waals surface area (Å²) in [5.74, 6) is 0.769. The van der Waals surface area contributed by atoms with Crippen LogP contribution >= 0.6 is 11.3 Å². The van der Waals surface area contributed by atoms with Crippen molar-refractivity contribution in [3.63, 3.8) is 0 Å². The van der Waals surface area contributed by atoms with E-state index < -0.39 is 0 Å². The molecule has 3 aromatic rings. The molecule has 0 saturated heterocycles. The minimum absolute atomic E-state index is 0.0115. The molecule has 0 radical (unpaired) electrons. The second kappa shape index (κ2) is 9.63. The Kier molecular flexibility index (Phi) is 6.42. The summed E-state index contributed by atoms with van der Waals surface area (Å²) in [6, 6.07) is 17.7. The molecule has 6 heteroatoms. The first-order valence-electron chi connectivity index (χ1n) is 11.9. The SMILES string of the molecule is Cc1ccc(C(=O)N(CC(=O)N2CCc3sccc3[C@@H]2COc2ccccc2C)C2CC2)cc1. The van der Waals surface area contributed by atoms with Gasteiger partial charge in [0, 0.05) is 23.0 Å². The number of aryl methyl sites for hydroxylation is 2. The zero-order valence-corrected chi connectivity index (χ0v) is 20.5. The second-order valence-electron chi connectivity index (χ2n) is 9.26. The van der Waals surface area contributed by atoms with E-state index in [0.717, 1.165) is 36.1 Å². The Hall–Kier alpha value is -3.12. The lowest BCUT2D eigenvalue weighted by Gasteiger charge is -2.37. The van der Waals surface area contributed by atoms with Crippen molar-refractivity contribution < 1.29 is 14.3 Å². The quantitative estimate of drug-likeness (QED) is 0.474. The van der Waals surface area contributed by atoms with Crippen molar-refractivity contribution in [2.24, 2.45) is 0 Å². The molecule has 1 saturated carbocycles. The minimum Gasteiger partial charge on any atom is -0.491 e. The standard InChI is InChI=1S/C28H30N2O3S/c1-19-7-9-21(10-8-19)28(32)30(22-11-12-22)17-27(31)29-15-13-26-23(14-16-34-26)24(29)18-33-25-6-4-3-5-20(25)2/h3-10,14,16,22,24H,11-13,15,17-18H2,1-2H3/t24-/m0/s1. The molecule has 0 bridgehead atoms. The number of rotatable bonds is 7. The van der Waals surface area contributed by atoms with E-state index in [2.05, 4.69) is 11.4 Å². The summed E-state index contributed by atoms with van der Waals surface area (Å²) in [6.07, 6.45) is 2.76. The smallest absolute Gasteiger partial charge is 0.254 e. The van der Waals surface area contributed by atoms with E-state index in [4.69, 9.17) is 4.74 Å². The summed E-state index contributed by atoms with van der Waals surface area (Å²) in [5, 5.41) is 2.09. The van der Waals surface area contributed by atoms with Crippen LogP contribution in [0.4, 0.5) is 0 Å². The first-order chi connectivity index (χ1) is 16.5. The molecular formula is C28H30N2O3S. The number of carbonyl (C=O) groups excluding carboxylic acids is 2. The average molecular weight is 475 g/mol. The van der Waals surface area contributed by atoms with E-state index in [1.54, 1.807) is 16.2 Å². The molecular weight excluding hydrogens is 444 g/mol. The van der Waals surface area contributed by atoms with Crippen LogP contribution < -0.4 is 4.74 Å². The topological polar surface area (TPSA) is 49.9 Å². The summed E-state index contributed by atoms with van der Waals surface area (Å²) in [7, 11) is 0. The van der Waals surface area contributed by atoms with Crippen molar-refractivity contribution in [3.8, 4) is 5.75 Å². The van der Waals surface area contributed by atoms with E-state index in [0.29, 0.717) is 18.7 Å². The van der Waals surface area contributed by atoms with Gasteiger partial charge in [0.15, 0.2) is 0 Å². The van der Waals surface area contributed by atoms with E-state index in [1.807, 2.05) is 67.3 Å². The molecule has 1 aliphatic heterocycles. The number of hydrogen-bond acceptors (Lipinski definition) is 4. The number of benzene rings is 2. The van der Waals surface area contributed by atoms with Gasteiger partial charge in [-0.05, 0) is 73.9 Å². The number of amides is 2. The van der Waals surface area contributed by atoms with Gasteiger partial charge in [0.2, 0.25) is 5.91 Å². The van der Waals surface area contributed by atoms with Crippen molar-refractivity contribution in [3.05, 3.63) is 87.1 Å². The van der Waals surface area contributed by atoms with E-state index in [1.165, 1.54) is 10.4 Å². The maximum absolute atomic E-state index is 13.6. The Bertz CT molecular complexity index is 1180. The summed E-state index contributed by atoms with van der Waals surface area (Å²) in [6.45, 7) is 5.18. The molecule has 1 fully saturated rings. The number of para-hydroxylation sites is 1. The fourth-order valence-electron chi connectivity index (χ4n) is 4.61. The number of carbonyl (C=O) groups is 2. The Morgan fingerprint density at radius 3 is 2.56 bits per heavy atom. The molecule has 2 aromatic carbocycles. The predicted molar refractivity (Wildman–Crippen MR) is 134 cm³/mol. The van der Waals surface area contributed by atoms with Gasteiger partial charge < -0.3 is 14.5 Å². The molecule has 0 spiro atoms. The maximum Gasteiger partial charge on any atom is 0.254 e. The summed E-state index contributed by atoms with van der Waals surface area (Å²) in [5.41, 5.74) is 4.00. The fraction of sp³-hybridized carbons (Fsp3) is 0.357. The average Bonchev–Trinajstić information content (AvgIpc) is 3.57. The molecule has 2 heterocycles. The van der Waals surface area contributed by atoms with Crippen LogP contribution in [-0.2, 0) is 11.2 Å². The van der Waals surface area contributed by atoms with Gasteiger partial charge in [-0.25, -0.2) is 0 Å². The molecule has 34 heavy (non-hydrogen) atoms. The zero-order chi connectivity index (χ0) is 23.7. The molecule has 1 aliphatic carbocycles. The van der Waals surface area contributed by atoms with Crippen LogP contribution in [-0.4, -0.2) is 47.4 Å². The lowest BCUT2D eigenvalue weighted by atomic mass is 10.00. The molecule has 0 N–H and O–H groups in total. The van der Waals surface area contributed by atoms with Gasteiger partial charge in [-0.3, -0.25) is 9.59 Å². The highest BCUT2D eigenvalue weighted by molar-refractivity contribution is 7.10. The summed E-state index contributed by atoms with van der Waals surface area (Å²) >= 11 is 1.74. The Labute approximate surface area is 205 Å². The lowest BCUT2D eigenvalue weighted by Crippen LogP contribution is -2.48. The van der Waals surface area contributed by atoms with Gasteiger partial charge in [0.25, 0.3) is 5.91 Å². The van der Waals surface area contributed by atoms with Crippen molar-refractivity contribution in [2.75, 3.05) is 19.7 Å². The molecule has 5 rings (SSSR count). The zero-order valence-electron chi connectivity index (χ0n) is 19.7. The molecule has 176 valence electrons. The van der Waals surface area contributed by atoms with Gasteiger partial charge in [-0.1, -0.05) is 35.9 Å². The second-order valence-corrected chi connectivity index (χ2v) is 10.3. The number of ether oxygens (including phenoxy) is 1. The number of nitrogens with zero attached hydrogens (tertiary/aromatic N) is 2. The highest BCUT2D eigenvalue weighted by Gasteiger charge is 2.38. The molecule has 0 unspecified atom stereocenters. The molecule has 2 aliphatic rings. The monoisotopic (exact) mass is 474 g/mol. The lowest BCUT2D eigenvalue weighted by molar-refractivity contribution is -0.135. The fourth-order valence-corrected chi connectivity index (χ4v) is 5.54. The summed E-state index contributed by atoms with van der Waals surface area (Å²) in [4.78, 5) is 31.9. The van der Waals surface area contributed by atoms with Crippen LogP contribution in [0.25, 0.3) is 0 Å². The number of fused-ring (bicyclic) bond motifs is 1. The first-order valence-corrected chi connectivity index (χ1v) is 12.8. The first kappa shape index (κ1) is 22.7. The van der Waals surface area contributed by atoms with Crippen molar-refractivity contribution in [1.82, 2.24) is 9.80 Å². The predicted octanol–water partition coefficient (Wildman–Crippen LogP) is 5.17. The van der Waals surface area contributed by atoms with Crippen molar-refractivity contribution in [2.45, 2.75) is 45.2 Å². The molecule has 5 nitrogen and oxygen atoms in total. The van der Waals surface area contributed by atoms with Gasteiger partial charge >= 0.3 is 0 Å². The Morgan fingerprint density at radius 1 is 1.06 bits per heavy atom. The van der Waals surface area contributed by atoms with Crippen LogP contribution in [0.1, 0.15) is 50.8 Å². The van der Waals surface area contributed by atoms with E-state index in [-0.39, 0.29) is 30.4 Å². The molecule has 1 aromatic heterocycles. The van der Waals surface area contributed by atoms with Gasteiger partial charge in [-0.15, -0.1) is 11.3 Å². The van der Waals surface area contributed by atoms with E-state index in [9.17, 15) is 9.59 Å². The molecule has 1 atom stereocenters. The van der Waals surface area contributed by atoms with Gasteiger partial charge in [0.05, 0.1) is 6.04 Å². The minimum atomic E-state index is -0.155.